The van der Waals surface area contributed by atoms with E-state index >= 15 is 0 Å². The second-order valence-corrected chi connectivity index (χ2v) is 7.69. The van der Waals surface area contributed by atoms with Gasteiger partial charge in [0.15, 0.2) is 11.5 Å². The summed E-state index contributed by atoms with van der Waals surface area (Å²) in [5.41, 5.74) is 4.55. The van der Waals surface area contributed by atoms with Crippen LogP contribution in [0, 0.1) is 0 Å². The number of nitrogens with one attached hydrogen (secondary N) is 2. The number of aromatic nitrogens is 1. The van der Waals surface area contributed by atoms with Gasteiger partial charge in [-0.25, -0.2) is 0 Å². The summed E-state index contributed by atoms with van der Waals surface area (Å²) >= 11 is 0. The summed E-state index contributed by atoms with van der Waals surface area (Å²) < 4.78 is 10.9. The number of carbonyl (C=O) groups is 1. The third kappa shape index (κ3) is 4.45. The number of ether oxygens (including phenoxy) is 2. The van der Waals surface area contributed by atoms with Crippen LogP contribution >= 0.6 is 0 Å². The maximum absolute atomic E-state index is 12.9. The molecule has 3 rings (SSSR count). The number of hydrogen-bond acceptors (Lipinski definition) is 3. The monoisotopic (exact) mass is 408 g/mol. The van der Waals surface area contributed by atoms with E-state index in [9.17, 15) is 4.79 Å². The number of H-pyrrole nitrogens is 1. The molecule has 30 heavy (non-hydrogen) atoms. The summed E-state index contributed by atoms with van der Waals surface area (Å²) in [5, 5.41) is 4.27. The summed E-state index contributed by atoms with van der Waals surface area (Å²) in [7, 11) is 3.26. The average molecular weight is 409 g/mol. The Balaban J connectivity index is 2.08. The van der Waals surface area contributed by atoms with Gasteiger partial charge in [0.25, 0.3) is 0 Å². The summed E-state index contributed by atoms with van der Waals surface area (Å²) in [5.74, 6) is 1.28. The number of rotatable bonds is 9. The SMILES string of the molecule is CCc1cccc2c(C(CC(=O)NC(C)CC)c3ccc(OC)c(OC)c3)c[nH]c12. The van der Waals surface area contributed by atoms with Crippen LogP contribution < -0.4 is 14.8 Å². The molecule has 2 atom stereocenters. The molecule has 0 radical (unpaired) electrons. The fourth-order valence-corrected chi connectivity index (χ4v) is 3.92. The fourth-order valence-electron chi connectivity index (χ4n) is 3.92. The maximum Gasteiger partial charge on any atom is 0.221 e. The van der Waals surface area contributed by atoms with Gasteiger partial charge in [0.05, 0.1) is 14.2 Å². The largest absolute Gasteiger partial charge is 0.493 e. The van der Waals surface area contributed by atoms with E-state index in [1.807, 2.05) is 31.3 Å². The van der Waals surface area contributed by atoms with Gasteiger partial charge in [-0.2, -0.15) is 0 Å². The molecular weight excluding hydrogens is 376 g/mol. The highest BCUT2D eigenvalue weighted by molar-refractivity contribution is 5.88. The van der Waals surface area contributed by atoms with Gasteiger partial charge < -0.3 is 19.8 Å². The van der Waals surface area contributed by atoms with Crippen molar-refractivity contribution in [3.8, 4) is 11.5 Å². The van der Waals surface area contributed by atoms with Gasteiger partial charge in [0, 0.05) is 35.5 Å². The quantitative estimate of drug-likeness (QED) is 0.512. The Bertz CT molecular complexity index is 1010. The van der Waals surface area contributed by atoms with Gasteiger partial charge in [-0.1, -0.05) is 38.1 Å². The molecule has 0 spiro atoms. The molecule has 1 heterocycles. The molecule has 160 valence electrons. The summed E-state index contributed by atoms with van der Waals surface area (Å²) in [6.07, 6.45) is 4.26. The molecule has 0 fully saturated rings. The lowest BCUT2D eigenvalue weighted by atomic mass is 9.87. The summed E-state index contributed by atoms with van der Waals surface area (Å²) in [4.78, 5) is 16.3. The maximum atomic E-state index is 12.9. The highest BCUT2D eigenvalue weighted by Crippen LogP contribution is 2.38. The van der Waals surface area contributed by atoms with E-state index in [1.54, 1.807) is 14.2 Å². The van der Waals surface area contributed by atoms with Gasteiger partial charge in [-0.15, -0.1) is 0 Å². The zero-order valence-corrected chi connectivity index (χ0v) is 18.5. The minimum absolute atomic E-state index is 0.0464. The molecule has 2 N–H and O–H groups in total. The van der Waals surface area contributed by atoms with Crippen molar-refractivity contribution in [2.45, 2.75) is 52.0 Å². The molecule has 2 aromatic carbocycles. The number of aryl methyl sites for hydroxylation is 1. The van der Waals surface area contributed by atoms with Crippen molar-refractivity contribution < 1.29 is 14.3 Å². The molecule has 1 amide bonds. The van der Waals surface area contributed by atoms with Crippen LogP contribution in [-0.2, 0) is 11.2 Å². The van der Waals surface area contributed by atoms with E-state index in [0.717, 1.165) is 34.9 Å². The number of fused-ring (bicyclic) bond motifs is 1. The van der Waals surface area contributed by atoms with Gasteiger partial charge in [-0.3, -0.25) is 4.79 Å². The first-order chi connectivity index (χ1) is 14.5. The topological polar surface area (TPSA) is 63.4 Å². The van der Waals surface area contributed by atoms with Crippen LogP contribution in [0.5, 0.6) is 11.5 Å². The molecular formula is C25H32N2O3. The molecule has 5 nitrogen and oxygen atoms in total. The van der Waals surface area contributed by atoms with Crippen LogP contribution in [0.15, 0.2) is 42.6 Å². The standard InChI is InChI=1S/C25H32N2O3/c1-6-16(3)27-24(28)14-20(18-11-12-22(29-4)23(13-18)30-5)21-15-26-25-17(7-2)9-8-10-19(21)25/h8-13,15-16,20,26H,6-7,14H2,1-5H3,(H,27,28). The lowest BCUT2D eigenvalue weighted by Gasteiger charge is -2.20. The van der Waals surface area contributed by atoms with Crippen LogP contribution in [0.2, 0.25) is 0 Å². The number of carbonyl (C=O) groups excluding carboxylic acids is 1. The third-order valence-corrected chi connectivity index (χ3v) is 5.81. The van der Waals surface area contributed by atoms with Crippen molar-refractivity contribution in [1.82, 2.24) is 10.3 Å². The van der Waals surface area contributed by atoms with E-state index in [-0.39, 0.29) is 17.9 Å². The Morgan fingerprint density at radius 1 is 1.10 bits per heavy atom. The van der Waals surface area contributed by atoms with E-state index in [1.165, 1.54) is 5.56 Å². The Morgan fingerprint density at radius 3 is 2.53 bits per heavy atom. The predicted molar refractivity (Wildman–Crippen MR) is 122 cm³/mol. The Labute approximate surface area is 178 Å². The van der Waals surface area contributed by atoms with Crippen LogP contribution in [0.4, 0.5) is 0 Å². The number of para-hydroxylation sites is 1. The molecule has 3 aromatic rings. The first-order valence-corrected chi connectivity index (χ1v) is 10.6. The molecule has 0 aliphatic rings. The molecule has 0 aliphatic heterocycles. The Hall–Kier alpha value is -2.95. The van der Waals surface area contributed by atoms with Gasteiger partial charge in [0.2, 0.25) is 5.91 Å². The Kier molecular flexibility index (Phi) is 7.03. The van der Waals surface area contributed by atoms with Gasteiger partial charge in [0.1, 0.15) is 0 Å². The number of amides is 1. The van der Waals surface area contributed by atoms with Crippen molar-refractivity contribution in [3.05, 3.63) is 59.3 Å². The van der Waals surface area contributed by atoms with E-state index < -0.39 is 0 Å². The van der Waals surface area contributed by atoms with Crippen molar-refractivity contribution in [2.24, 2.45) is 0 Å². The Morgan fingerprint density at radius 2 is 1.87 bits per heavy atom. The van der Waals surface area contributed by atoms with Crippen molar-refractivity contribution in [2.75, 3.05) is 14.2 Å². The molecule has 0 bridgehead atoms. The van der Waals surface area contributed by atoms with Crippen LogP contribution in [0.25, 0.3) is 10.9 Å². The lowest BCUT2D eigenvalue weighted by molar-refractivity contribution is -0.121. The zero-order valence-electron chi connectivity index (χ0n) is 18.5. The zero-order chi connectivity index (χ0) is 21.7. The first-order valence-electron chi connectivity index (χ1n) is 10.6. The van der Waals surface area contributed by atoms with Crippen LogP contribution in [0.1, 0.15) is 56.2 Å². The minimum atomic E-state index is -0.102. The summed E-state index contributed by atoms with van der Waals surface area (Å²) in [6.45, 7) is 6.26. The van der Waals surface area contributed by atoms with Crippen molar-refractivity contribution in [3.63, 3.8) is 0 Å². The first kappa shape index (κ1) is 21.8. The molecule has 1 aromatic heterocycles. The second kappa shape index (κ2) is 9.70. The lowest BCUT2D eigenvalue weighted by Crippen LogP contribution is -2.33. The average Bonchev–Trinajstić information content (AvgIpc) is 3.20. The van der Waals surface area contributed by atoms with E-state index in [4.69, 9.17) is 9.47 Å². The third-order valence-electron chi connectivity index (χ3n) is 5.81. The number of hydrogen-bond donors (Lipinski definition) is 2. The normalized spacial score (nSPS) is 13.1. The van der Waals surface area contributed by atoms with Crippen LogP contribution in [0.3, 0.4) is 0 Å². The number of methoxy groups -OCH3 is 2. The van der Waals surface area contributed by atoms with Gasteiger partial charge >= 0.3 is 0 Å². The molecule has 0 saturated heterocycles. The fraction of sp³-hybridized carbons (Fsp3) is 0.400. The molecule has 2 unspecified atom stereocenters. The number of aromatic amines is 1. The van der Waals surface area contributed by atoms with Crippen molar-refractivity contribution >= 4 is 16.8 Å². The predicted octanol–water partition coefficient (Wildman–Crippen LogP) is 5.18. The smallest absolute Gasteiger partial charge is 0.221 e. The van der Waals surface area contributed by atoms with Crippen molar-refractivity contribution in [1.29, 1.82) is 0 Å². The number of benzene rings is 2. The highest BCUT2D eigenvalue weighted by Gasteiger charge is 2.24. The van der Waals surface area contributed by atoms with Gasteiger partial charge in [-0.05, 0) is 48.6 Å². The van der Waals surface area contributed by atoms with E-state index in [2.05, 4.69) is 42.3 Å². The van der Waals surface area contributed by atoms with E-state index in [0.29, 0.717) is 17.9 Å². The molecule has 0 saturated carbocycles. The second-order valence-electron chi connectivity index (χ2n) is 7.69. The van der Waals surface area contributed by atoms with Crippen LogP contribution in [-0.4, -0.2) is 31.2 Å². The minimum Gasteiger partial charge on any atom is -0.493 e. The highest BCUT2D eigenvalue weighted by atomic mass is 16.5. The molecule has 5 heteroatoms. The molecule has 0 aliphatic carbocycles. The summed E-state index contributed by atoms with van der Waals surface area (Å²) in [6, 6.07) is 12.4.